The van der Waals surface area contributed by atoms with Gasteiger partial charge in [-0.2, -0.15) is 0 Å². The van der Waals surface area contributed by atoms with Gasteiger partial charge < -0.3 is 4.57 Å². The van der Waals surface area contributed by atoms with E-state index in [4.69, 9.17) is 1.37 Å². The molecule has 0 amide bonds. The normalized spacial score (nSPS) is 15.1. The van der Waals surface area contributed by atoms with Gasteiger partial charge in [-0.3, -0.25) is 0 Å². The minimum Gasteiger partial charge on any atom is -0.340 e. The van der Waals surface area contributed by atoms with Crippen molar-refractivity contribution in [2.45, 2.75) is 19.4 Å². The van der Waals surface area contributed by atoms with Crippen LogP contribution in [0.25, 0.3) is 32.6 Å². The number of nitrogens with zero attached hydrogens (tertiary/aromatic N) is 1. The van der Waals surface area contributed by atoms with Gasteiger partial charge in [0.1, 0.15) is 0 Å². The summed E-state index contributed by atoms with van der Waals surface area (Å²) < 4.78 is 11.0. The van der Waals surface area contributed by atoms with Crippen molar-refractivity contribution in [3.05, 3.63) is 60.1 Å². The van der Waals surface area contributed by atoms with Crippen molar-refractivity contribution in [3.63, 3.8) is 0 Å². The molecule has 20 heavy (non-hydrogen) atoms. The van der Waals surface area contributed by atoms with Crippen LogP contribution >= 0.6 is 0 Å². The van der Waals surface area contributed by atoms with E-state index in [0.29, 0.717) is 0 Å². The molecular weight excluding hydrogens is 242 g/mol. The molecule has 4 aromatic rings. The highest BCUT2D eigenvalue weighted by molar-refractivity contribution is 6.21. The minimum atomic E-state index is 0.724. The molecule has 1 heteroatoms. The highest BCUT2D eigenvalue weighted by Gasteiger charge is 2.19. The van der Waals surface area contributed by atoms with Crippen LogP contribution < -0.4 is 0 Å². The van der Waals surface area contributed by atoms with Gasteiger partial charge in [-0.1, -0.05) is 42.5 Å². The van der Waals surface area contributed by atoms with E-state index in [9.17, 15) is 0 Å². The molecule has 3 aromatic carbocycles. The number of rotatable bonds is 0. The van der Waals surface area contributed by atoms with Crippen LogP contribution in [0.2, 0.25) is 0 Å². The lowest BCUT2D eigenvalue weighted by Crippen LogP contribution is -2.07. The van der Waals surface area contributed by atoms with Crippen LogP contribution in [0, 0.1) is 0 Å². The van der Waals surface area contributed by atoms with Gasteiger partial charge in [-0.15, -0.1) is 0 Å². The second kappa shape index (κ2) is 3.63. The number of benzene rings is 3. The molecule has 0 saturated heterocycles. The van der Waals surface area contributed by atoms with Crippen LogP contribution in [0.15, 0.2) is 54.6 Å². The first-order valence-corrected chi connectivity index (χ1v) is 7.27. The SMILES string of the molecule is [2H]c1c2c3c(c4ccccc14)c1ccccc1n3CCC2. The number of hydrogen-bond acceptors (Lipinski definition) is 0. The van der Waals surface area contributed by atoms with E-state index in [1.807, 2.05) is 6.07 Å². The van der Waals surface area contributed by atoms with Crippen molar-refractivity contribution in [1.29, 1.82) is 0 Å². The van der Waals surface area contributed by atoms with Gasteiger partial charge in [0.15, 0.2) is 0 Å². The lowest BCUT2D eigenvalue weighted by molar-refractivity contribution is 0.652. The molecule has 0 bridgehead atoms. The smallest absolute Gasteiger partial charge is 0.0633 e. The fourth-order valence-corrected chi connectivity index (χ4v) is 3.75. The number of aromatic nitrogens is 1. The maximum absolute atomic E-state index is 8.61. The second-order valence-electron chi connectivity index (χ2n) is 5.65. The molecule has 1 aliphatic rings. The number of fused-ring (bicyclic) bond motifs is 5. The van der Waals surface area contributed by atoms with E-state index in [2.05, 4.69) is 47.0 Å². The molecule has 0 spiro atoms. The Labute approximate surface area is 118 Å². The Morgan fingerprint density at radius 2 is 1.75 bits per heavy atom. The first-order chi connectivity index (χ1) is 10.4. The molecule has 2 heterocycles. The third-order valence-corrected chi connectivity index (χ3v) is 4.55. The van der Waals surface area contributed by atoms with Gasteiger partial charge >= 0.3 is 0 Å². The quantitative estimate of drug-likeness (QED) is 0.423. The zero-order chi connectivity index (χ0) is 14.0. The molecule has 0 atom stereocenters. The van der Waals surface area contributed by atoms with Crippen LogP contribution in [0.4, 0.5) is 0 Å². The highest BCUT2D eigenvalue weighted by atomic mass is 15.0. The molecule has 0 saturated carbocycles. The zero-order valence-corrected chi connectivity index (χ0v) is 11.2. The van der Waals surface area contributed by atoms with E-state index >= 15 is 0 Å². The molecule has 0 aliphatic carbocycles. The van der Waals surface area contributed by atoms with Crippen LogP contribution in [-0.2, 0) is 13.0 Å². The average Bonchev–Trinajstić information content (AvgIpc) is 2.88. The number of para-hydroxylation sites is 1. The summed E-state index contributed by atoms with van der Waals surface area (Å²) in [5.41, 5.74) is 3.83. The fraction of sp³-hybridized carbons (Fsp3) is 0.158. The van der Waals surface area contributed by atoms with Gasteiger partial charge in [-0.05, 0) is 41.3 Å². The second-order valence-corrected chi connectivity index (χ2v) is 5.65. The summed E-state index contributed by atoms with van der Waals surface area (Å²) in [6.45, 7) is 1.06. The van der Waals surface area contributed by atoms with E-state index < -0.39 is 0 Å². The predicted molar refractivity (Wildman–Crippen MR) is 85.3 cm³/mol. The van der Waals surface area contributed by atoms with Crippen molar-refractivity contribution < 1.29 is 1.37 Å². The molecule has 1 nitrogen and oxygen atoms in total. The molecule has 5 rings (SSSR count). The van der Waals surface area contributed by atoms with Crippen molar-refractivity contribution in [2.24, 2.45) is 0 Å². The maximum Gasteiger partial charge on any atom is 0.0633 e. The first-order valence-electron chi connectivity index (χ1n) is 7.77. The minimum absolute atomic E-state index is 0.724. The summed E-state index contributed by atoms with van der Waals surface area (Å²) in [4.78, 5) is 0. The van der Waals surface area contributed by atoms with Crippen molar-refractivity contribution >= 4 is 32.6 Å². The monoisotopic (exact) mass is 258 g/mol. The summed E-state index contributed by atoms with van der Waals surface area (Å²) >= 11 is 0. The summed E-state index contributed by atoms with van der Waals surface area (Å²) in [5, 5.41) is 4.97. The predicted octanol–water partition coefficient (Wildman–Crippen LogP) is 4.89. The van der Waals surface area contributed by atoms with Crippen LogP contribution in [0.3, 0.4) is 0 Å². The lowest BCUT2D eigenvalue weighted by Gasteiger charge is -2.17. The summed E-state index contributed by atoms with van der Waals surface area (Å²) in [5.74, 6) is 0. The van der Waals surface area contributed by atoms with Gasteiger partial charge in [0.2, 0.25) is 0 Å². The van der Waals surface area contributed by atoms with Gasteiger partial charge in [0.25, 0.3) is 0 Å². The maximum atomic E-state index is 8.61. The third-order valence-electron chi connectivity index (χ3n) is 4.55. The molecule has 0 unspecified atom stereocenters. The van der Waals surface area contributed by atoms with Gasteiger partial charge in [0.05, 0.1) is 6.89 Å². The van der Waals surface area contributed by atoms with Crippen molar-refractivity contribution in [2.75, 3.05) is 0 Å². The number of aryl methyl sites for hydroxylation is 2. The molecule has 1 aliphatic heterocycles. The molecule has 1 aromatic heterocycles. The Bertz CT molecular complexity index is 1030. The zero-order valence-electron chi connectivity index (χ0n) is 12.2. The Morgan fingerprint density at radius 1 is 0.950 bits per heavy atom. The summed E-state index contributed by atoms with van der Waals surface area (Å²) in [6, 6.07) is 17.8. The Kier molecular flexibility index (Phi) is 1.74. The topological polar surface area (TPSA) is 4.93 Å². The van der Waals surface area contributed by atoms with E-state index in [-0.39, 0.29) is 0 Å². The molecular formula is C19H15N. The Balaban J connectivity index is 2.21. The molecule has 0 N–H and O–H groups in total. The summed E-state index contributed by atoms with van der Waals surface area (Å²) in [6.07, 6.45) is 2.15. The standard InChI is InChI=1S/C19H15N/c1-2-8-15-13(6-1)12-14-7-5-11-20-17-10-4-3-9-16(17)18(15)19(14)20/h1-4,6,8-10,12H,5,7,11H2/i12D. The van der Waals surface area contributed by atoms with Crippen molar-refractivity contribution in [1.82, 2.24) is 4.57 Å². The van der Waals surface area contributed by atoms with Crippen LogP contribution in [0.5, 0.6) is 0 Å². The van der Waals surface area contributed by atoms with Gasteiger partial charge in [-0.25, -0.2) is 0 Å². The lowest BCUT2D eigenvalue weighted by atomic mass is 9.97. The molecule has 96 valence electrons. The summed E-state index contributed by atoms with van der Waals surface area (Å²) in [7, 11) is 0. The van der Waals surface area contributed by atoms with Crippen LogP contribution in [0.1, 0.15) is 13.4 Å². The Morgan fingerprint density at radius 3 is 2.70 bits per heavy atom. The van der Waals surface area contributed by atoms with E-state index in [0.717, 1.165) is 30.8 Å². The first kappa shape index (κ1) is 9.60. The van der Waals surface area contributed by atoms with E-state index in [1.165, 1.54) is 32.8 Å². The van der Waals surface area contributed by atoms with Crippen LogP contribution in [-0.4, -0.2) is 4.57 Å². The molecule has 0 radical (unpaired) electrons. The largest absolute Gasteiger partial charge is 0.340 e. The Hall–Kier alpha value is -2.28. The van der Waals surface area contributed by atoms with Gasteiger partial charge in [0, 0.05) is 22.8 Å². The highest BCUT2D eigenvalue weighted by Crippen LogP contribution is 2.39. The number of hydrogen-bond donors (Lipinski definition) is 0. The van der Waals surface area contributed by atoms with E-state index in [1.54, 1.807) is 0 Å². The molecule has 0 fully saturated rings. The third kappa shape index (κ3) is 1.18. The fourth-order valence-electron chi connectivity index (χ4n) is 3.75. The average molecular weight is 258 g/mol. The van der Waals surface area contributed by atoms with Crippen molar-refractivity contribution in [3.8, 4) is 0 Å².